The fraction of sp³-hybridized carbons (Fsp3) is 0.571. The summed E-state index contributed by atoms with van der Waals surface area (Å²) in [5.41, 5.74) is 1.18. The third kappa shape index (κ3) is 4.17. The van der Waals surface area contributed by atoms with Gasteiger partial charge in [0.15, 0.2) is 0 Å². The van der Waals surface area contributed by atoms with Crippen molar-refractivity contribution in [3.8, 4) is 0 Å². The average Bonchev–Trinajstić information content (AvgIpc) is 2.33. The van der Waals surface area contributed by atoms with Crippen LogP contribution >= 0.6 is 23.2 Å². The topological polar surface area (TPSA) is 12.0 Å². The second-order valence-corrected chi connectivity index (χ2v) is 5.62. The van der Waals surface area contributed by atoms with E-state index in [2.05, 4.69) is 5.32 Å². The summed E-state index contributed by atoms with van der Waals surface area (Å²) in [6.45, 7) is 1.01. The highest BCUT2D eigenvalue weighted by Gasteiger charge is 2.12. The van der Waals surface area contributed by atoms with E-state index in [-0.39, 0.29) is 0 Å². The minimum absolute atomic E-state index is 0.707. The highest BCUT2D eigenvalue weighted by Crippen LogP contribution is 2.21. The van der Waals surface area contributed by atoms with Crippen molar-refractivity contribution in [1.29, 1.82) is 0 Å². The van der Waals surface area contributed by atoms with Crippen LogP contribution in [0.25, 0.3) is 0 Å². The van der Waals surface area contributed by atoms with Crippen LogP contribution in [0.3, 0.4) is 0 Å². The molecule has 0 atom stereocenters. The molecule has 1 saturated carbocycles. The second-order valence-electron chi connectivity index (χ2n) is 4.77. The van der Waals surface area contributed by atoms with E-state index in [4.69, 9.17) is 23.2 Å². The van der Waals surface area contributed by atoms with Crippen molar-refractivity contribution in [3.63, 3.8) is 0 Å². The van der Waals surface area contributed by atoms with Gasteiger partial charge in [0.2, 0.25) is 0 Å². The minimum atomic E-state index is 0.707. The van der Waals surface area contributed by atoms with E-state index in [9.17, 15) is 0 Å². The molecule has 1 nitrogen and oxygen atoms in total. The lowest BCUT2D eigenvalue weighted by molar-refractivity contribution is 0.375. The molecule has 0 heterocycles. The Kier molecular flexibility index (Phi) is 5.15. The molecule has 0 unspecified atom stereocenters. The Balaban J connectivity index is 1.77. The van der Waals surface area contributed by atoms with Crippen LogP contribution in [0.4, 0.5) is 0 Å². The zero-order valence-corrected chi connectivity index (χ0v) is 11.5. The molecule has 0 bridgehead atoms. The van der Waals surface area contributed by atoms with Crippen LogP contribution in [0.2, 0.25) is 10.0 Å². The van der Waals surface area contributed by atoms with E-state index in [1.807, 2.05) is 18.2 Å². The molecule has 17 heavy (non-hydrogen) atoms. The maximum atomic E-state index is 6.14. The second kappa shape index (κ2) is 6.63. The summed E-state index contributed by atoms with van der Waals surface area (Å²) >= 11 is 12.0. The number of nitrogens with one attached hydrogen (secondary N) is 1. The summed E-state index contributed by atoms with van der Waals surface area (Å²) in [7, 11) is 0. The van der Waals surface area contributed by atoms with E-state index < -0.39 is 0 Å². The van der Waals surface area contributed by atoms with E-state index in [1.54, 1.807) is 0 Å². The molecule has 0 radical (unpaired) electrons. The smallest absolute Gasteiger partial charge is 0.0453 e. The van der Waals surface area contributed by atoms with Gasteiger partial charge in [-0.2, -0.15) is 0 Å². The molecule has 0 amide bonds. The number of halogens is 2. The molecule has 94 valence electrons. The summed E-state index contributed by atoms with van der Waals surface area (Å²) in [5.74, 6) is 0. The fourth-order valence-corrected chi connectivity index (χ4v) is 2.95. The average molecular weight is 272 g/mol. The minimum Gasteiger partial charge on any atom is -0.314 e. The van der Waals surface area contributed by atoms with Gasteiger partial charge in [-0.25, -0.2) is 0 Å². The van der Waals surface area contributed by atoms with Crippen molar-refractivity contribution < 1.29 is 0 Å². The summed E-state index contributed by atoms with van der Waals surface area (Å²) in [6.07, 6.45) is 7.79. The molecule has 0 aliphatic heterocycles. The Hall–Kier alpha value is -0.240. The molecule has 1 fully saturated rings. The first kappa shape index (κ1) is 13.2. The van der Waals surface area contributed by atoms with Crippen LogP contribution in [0.5, 0.6) is 0 Å². The van der Waals surface area contributed by atoms with Gasteiger partial charge in [0, 0.05) is 16.1 Å². The lowest BCUT2D eigenvalue weighted by Crippen LogP contribution is -2.32. The summed E-state index contributed by atoms with van der Waals surface area (Å²) < 4.78 is 0. The Morgan fingerprint density at radius 3 is 2.59 bits per heavy atom. The van der Waals surface area contributed by atoms with Crippen molar-refractivity contribution in [2.24, 2.45) is 0 Å². The molecule has 1 aromatic carbocycles. The number of benzene rings is 1. The number of rotatable bonds is 4. The summed E-state index contributed by atoms with van der Waals surface area (Å²) in [5, 5.41) is 5.11. The first-order chi connectivity index (χ1) is 8.25. The Morgan fingerprint density at radius 1 is 1.12 bits per heavy atom. The Bertz CT molecular complexity index is 359. The molecule has 0 saturated heterocycles. The van der Waals surface area contributed by atoms with E-state index in [0.717, 1.165) is 24.0 Å². The normalized spacial score (nSPS) is 17.3. The first-order valence-corrected chi connectivity index (χ1v) is 7.18. The quantitative estimate of drug-likeness (QED) is 0.853. The fourth-order valence-electron chi connectivity index (χ4n) is 2.44. The van der Waals surface area contributed by atoms with Crippen molar-refractivity contribution in [2.75, 3.05) is 6.54 Å². The van der Waals surface area contributed by atoms with E-state index in [0.29, 0.717) is 5.02 Å². The zero-order chi connectivity index (χ0) is 12.1. The van der Waals surface area contributed by atoms with E-state index in [1.165, 1.54) is 37.7 Å². The van der Waals surface area contributed by atoms with Crippen molar-refractivity contribution >= 4 is 23.2 Å². The third-order valence-corrected chi connectivity index (χ3v) is 4.03. The van der Waals surface area contributed by atoms with Gasteiger partial charge in [0.1, 0.15) is 0 Å². The number of hydrogen-bond acceptors (Lipinski definition) is 1. The monoisotopic (exact) mass is 271 g/mol. The molecular weight excluding hydrogens is 253 g/mol. The molecule has 2 rings (SSSR count). The molecule has 1 N–H and O–H groups in total. The lowest BCUT2D eigenvalue weighted by atomic mass is 9.95. The predicted molar refractivity (Wildman–Crippen MR) is 75.0 cm³/mol. The third-order valence-electron chi connectivity index (χ3n) is 3.45. The highest BCUT2D eigenvalue weighted by molar-refractivity contribution is 6.35. The van der Waals surface area contributed by atoms with Gasteiger partial charge in [-0.3, -0.25) is 0 Å². The van der Waals surface area contributed by atoms with Gasteiger partial charge in [0.25, 0.3) is 0 Å². The lowest BCUT2D eigenvalue weighted by Gasteiger charge is -2.22. The standard InChI is InChI=1S/C14H19Cl2N/c15-12-7-6-11(14(16)10-12)8-9-17-13-4-2-1-3-5-13/h6-7,10,13,17H,1-5,8-9H2. The van der Waals surface area contributed by atoms with E-state index >= 15 is 0 Å². The SMILES string of the molecule is Clc1ccc(CCNC2CCCCC2)c(Cl)c1. The maximum Gasteiger partial charge on any atom is 0.0453 e. The van der Waals surface area contributed by atoms with Crippen molar-refractivity contribution in [2.45, 2.75) is 44.6 Å². The molecule has 1 aromatic rings. The maximum absolute atomic E-state index is 6.14. The molecule has 0 aromatic heterocycles. The van der Waals surface area contributed by atoms with Crippen LogP contribution < -0.4 is 5.32 Å². The van der Waals surface area contributed by atoms with Gasteiger partial charge in [-0.1, -0.05) is 48.5 Å². The first-order valence-electron chi connectivity index (χ1n) is 6.43. The predicted octanol–water partition coefficient (Wildman–Crippen LogP) is 4.46. The Morgan fingerprint density at radius 2 is 1.88 bits per heavy atom. The van der Waals surface area contributed by atoms with Crippen LogP contribution in [0.15, 0.2) is 18.2 Å². The zero-order valence-electron chi connectivity index (χ0n) is 10.0. The molecule has 0 spiro atoms. The summed E-state index contributed by atoms with van der Waals surface area (Å²) in [4.78, 5) is 0. The van der Waals surface area contributed by atoms with Crippen molar-refractivity contribution in [3.05, 3.63) is 33.8 Å². The highest BCUT2D eigenvalue weighted by atomic mass is 35.5. The van der Waals surface area contributed by atoms with Gasteiger partial charge in [-0.15, -0.1) is 0 Å². The largest absolute Gasteiger partial charge is 0.314 e. The van der Waals surface area contributed by atoms with Crippen LogP contribution in [-0.4, -0.2) is 12.6 Å². The number of hydrogen-bond donors (Lipinski definition) is 1. The van der Waals surface area contributed by atoms with Gasteiger partial charge in [0.05, 0.1) is 0 Å². The van der Waals surface area contributed by atoms with Gasteiger partial charge < -0.3 is 5.32 Å². The Labute approximate surface area is 114 Å². The molecular formula is C14H19Cl2N. The van der Waals surface area contributed by atoms with Crippen LogP contribution in [-0.2, 0) is 6.42 Å². The van der Waals surface area contributed by atoms with Gasteiger partial charge >= 0.3 is 0 Å². The van der Waals surface area contributed by atoms with Crippen molar-refractivity contribution in [1.82, 2.24) is 5.32 Å². The van der Waals surface area contributed by atoms with Gasteiger partial charge in [-0.05, 0) is 43.5 Å². The molecule has 1 aliphatic rings. The summed E-state index contributed by atoms with van der Waals surface area (Å²) in [6, 6.07) is 6.46. The molecule has 1 aliphatic carbocycles. The van der Waals surface area contributed by atoms with Crippen LogP contribution in [0, 0.1) is 0 Å². The van der Waals surface area contributed by atoms with Crippen LogP contribution in [0.1, 0.15) is 37.7 Å². The molecule has 3 heteroatoms.